The second-order valence-corrected chi connectivity index (χ2v) is 4.76. The molecule has 0 atom stereocenters. The van der Waals surface area contributed by atoms with E-state index < -0.39 is 6.03 Å². The largest absolute Gasteiger partial charge is 0.339 e. The minimum atomic E-state index is -0.447. The summed E-state index contributed by atoms with van der Waals surface area (Å²) in [6.45, 7) is 0. The van der Waals surface area contributed by atoms with Gasteiger partial charge >= 0.3 is 6.03 Å². The highest BCUT2D eigenvalue weighted by atomic mass is 35.5. The van der Waals surface area contributed by atoms with Crippen molar-refractivity contribution in [3.63, 3.8) is 0 Å². The van der Waals surface area contributed by atoms with Crippen LogP contribution in [0.15, 0.2) is 53.6 Å². The molecule has 0 aliphatic rings. The van der Waals surface area contributed by atoms with Gasteiger partial charge in [-0.05, 0) is 35.9 Å². The second kappa shape index (κ2) is 6.93. The molecule has 0 saturated heterocycles. The first-order chi connectivity index (χ1) is 9.63. The van der Waals surface area contributed by atoms with Crippen molar-refractivity contribution in [3.8, 4) is 0 Å². The molecule has 2 amide bonds. The SMILES string of the molecule is O=C(N/N=C\c1ccc(Cl)cc1)Nc1cccc(Cl)c1. The summed E-state index contributed by atoms with van der Waals surface area (Å²) in [5.41, 5.74) is 3.78. The van der Waals surface area contributed by atoms with Crippen molar-refractivity contribution in [1.29, 1.82) is 0 Å². The normalized spacial score (nSPS) is 10.5. The molecule has 0 bridgehead atoms. The highest BCUT2D eigenvalue weighted by molar-refractivity contribution is 6.31. The fraction of sp³-hybridized carbons (Fsp3) is 0. The number of benzene rings is 2. The van der Waals surface area contributed by atoms with E-state index in [1.165, 1.54) is 6.21 Å². The molecule has 0 spiro atoms. The van der Waals surface area contributed by atoms with Gasteiger partial charge in [0.1, 0.15) is 0 Å². The molecule has 102 valence electrons. The van der Waals surface area contributed by atoms with Crippen LogP contribution in [0.3, 0.4) is 0 Å². The zero-order valence-corrected chi connectivity index (χ0v) is 11.8. The maximum Gasteiger partial charge on any atom is 0.339 e. The van der Waals surface area contributed by atoms with E-state index in [0.29, 0.717) is 15.7 Å². The van der Waals surface area contributed by atoms with E-state index in [4.69, 9.17) is 23.2 Å². The average molecular weight is 308 g/mol. The monoisotopic (exact) mass is 307 g/mol. The quantitative estimate of drug-likeness (QED) is 0.649. The molecule has 2 rings (SSSR count). The molecule has 0 aliphatic heterocycles. The predicted octanol–water partition coefficient (Wildman–Crippen LogP) is 4.15. The second-order valence-electron chi connectivity index (χ2n) is 3.89. The number of carbonyl (C=O) groups excluding carboxylic acids is 1. The molecule has 2 aromatic rings. The first kappa shape index (κ1) is 14.4. The van der Waals surface area contributed by atoms with Crippen LogP contribution in [-0.2, 0) is 0 Å². The predicted molar refractivity (Wildman–Crippen MR) is 82.7 cm³/mol. The molecular formula is C14H11Cl2N3O. The van der Waals surface area contributed by atoms with Gasteiger partial charge in [0.15, 0.2) is 0 Å². The smallest absolute Gasteiger partial charge is 0.306 e. The van der Waals surface area contributed by atoms with Crippen molar-refractivity contribution in [1.82, 2.24) is 5.43 Å². The number of carbonyl (C=O) groups is 1. The lowest BCUT2D eigenvalue weighted by molar-refractivity contribution is 0.252. The van der Waals surface area contributed by atoms with Gasteiger partial charge in [0.05, 0.1) is 6.21 Å². The number of nitrogens with one attached hydrogen (secondary N) is 2. The van der Waals surface area contributed by atoms with Crippen molar-refractivity contribution in [3.05, 3.63) is 64.1 Å². The van der Waals surface area contributed by atoms with Crippen LogP contribution in [0.25, 0.3) is 0 Å². The maximum absolute atomic E-state index is 11.6. The molecule has 6 heteroatoms. The Hall–Kier alpha value is -2.04. The van der Waals surface area contributed by atoms with Gasteiger partial charge in [0.2, 0.25) is 0 Å². The Balaban J connectivity index is 1.87. The summed E-state index contributed by atoms with van der Waals surface area (Å²) in [6.07, 6.45) is 1.52. The third kappa shape index (κ3) is 4.57. The molecule has 2 aromatic carbocycles. The van der Waals surface area contributed by atoms with Crippen LogP contribution in [0.5, 0.6) is 0 Å². The highest BCUT2D eigenvalue weighted by Crippen LogP contribution is 2.14. The number of anilines is 1. The molecule has 20 heavy (non-hydrogen) atoms. The van der Waals surface area contributed by atoms with Gasteiger partial charge in [-0.15, -0.1) is 0 Å². The lowest BCUT2D eigenvalue weighted by Gasteiger charge is -2.04. The Kier molecular flexibility index (Phi) is 4.98. The Morgan fingerprint density at radius 3 is 2.50 bits per heavy atom. The Labute approximate surface area is 126 Å². The first-order valence-electron chi connectivity index (χ1n) is 5.75. The standard InChI is InChI=1S/C14H11Cl2N3O/c15-11-6-4-10(5-7-11)9-17-19-14(20)18-13-3-1-2-12(16)8-13/h1-9H,(H2,18,19,20)/b17-9-. The van der Waals surface area contributed by atoms with Gasteiger partial charge in [-0.1, -0.05) is 41.4 Å². The number of halogens is 2. The van der Waals surface area contributed by atoms with Gasteiger partial charge in [0.25, 0.3) is 0 Å². The lowest BCUT2D eigenvalue weighted by atomic mass is 10.2. The summed E-state index contributed by atoms with van der Waals surface area (Å²) >= 11 is 11.6. The molecule has 0 heterocycles. The van der Waals surface area contributed by atoms with Gasteiger partial charge in [-0.3, -0.25) is 0 Å². The molecule has 2 N–H and O–H groups in total. The van der Waals surface area contributed by atoms with Crippen molar-refractivity contribution in [2.75, 3.05) is 5.32 Å². The number of rotatable bonds is 3. The zero-order chi connectivity index (χ0) is 14.4. The Bertz CT molecular complexity index is 627. The van der Waals surface area contributed by atoms with Gasteiger partial charge < -0.3 is 5.32 Å². The van der Waals surface area contributed by atoms with Crippen LogP contribution in [0.4, 0.5) is 10.5 Å². The summed E-state index contributed by atoms with van der Waals surface area (Å²) in [6, 6.07) is 13.5. The van der Waals surface area contributed by atoms with Crippen molar-refractivity contribution >= 4 is 41.1 Å². The summed E-state index contributed by atoms with van der Waals surface area (Å²) in [5.74, 6) is 0. The highest BCUT2D eigenvalue weighted by Gasteiger charge is 1.99. The van der Waals surface area contributed by atoms with Crippen LogP contribution < -0.4 is 10.7 Å². The number of nitrogens with zero attached hydrogens (tertiary/aromatic N) is 1. The van der Waals surface area contributed by atoms with Crippen molar-refractivity contribution in [2.45, 2.75) is 0 Å². The molecule has 0 fully saturated rings. The number of urea groups is 1. The summed E-state index contributed by atoms with van der Waals surface area (Å²) in [4.78, 5) is 11.6. The minimum Gasteiger partial charge on any atom is -0.306 e. The summed E-state index contributed by atoms with van der Waals surface area (Å²) < 4.78 is 0. The molecule has 0 aromatic heterocycles. The molecule has 0 radical (unpaired) electrons. The van der Waals surface area contributed by atoms with Crippen molar-refractivity contribution in [2.24, 2.45) is 5.10 Å². The van der Waals surface area contributed by atoms with E-state index in [-0.39, 0.29) is 0 Å². The number of hydrogen-bond donors (Lipinski definition) is 2. The van der Waals surface area contributed by atoms with E-state index in [0.717, 1.165) is 5.56 Å². The number of amides is 2. The van der Waals surface area contributed by atoms with Crippen LogP contribution in [0.2, 0.25) is 10.0 Å². The van der Waals surface area contributed by atoms with Gasteiger partial charge in [-0.2, -0.15) is 5.10 Å². The first-order valence-corrected chi connectivity index (χ1v) is 6.50. The van der Waals surface area contributed by atoms with E-state index in [1.54, 1.807) is 48.5 Å². The van der Waals surface area contributed by atoms with E-state index in [1.807, 2.05) is 0 Å². The minimum absolute atomic E-state index is 0.447. The van der Waals surface area contributed by atoms with E-state index in [2.05, 4.69) is 15.8 Å². The Morgan fingerprint density at radius 1 is 1.05 bits per heavy atom. The molecule has 0 unspecified atom stereocenters. The zero-order valence-electron chi connectivity index (χ0n) is 10.3. The van der Waals surface area contributed by atoms with Gasteiger partial charge in [-0.25, -0.2) is 10.2 Å². The number of hydrogen-bond acceptors (Lipinski definition) is 2. The topological polar surface area (TPSA) is 53.5 Å². The molecule has 0 saturated carbocycles. The van der Waals surface area contributed by atoms with E-state index >= 15 is 0 Å². The maximum atomic E-state index is 11.6. The molecule has 0 aliphatic carbocycles. The summed E-state index contributed by atoms with van der Waals surface area (Å²) in [7, 11) is 0. The average Bonchev–Trinajstić information content (AvgIpc) is 2.41. The fourth-order valence-corrected chi connectivity index (χ4v) is 1.76. The number of hydrazone groups is 1. The third-order valence-corrected chi connectivity index (χ3v) is 2.82. The van der Waals surface area contributed by atoms with E-state index in [9.17, 15) is 4.79 Å². The van der Waals surface area contributed by atoms with Crippen molar-refractivity contribution < 1.29 is 4.79 Å². The van der Waals surface area contributed by atoms with Crippen LogP contribution in [0.1, 0.15) is 5.56 Å². The fourth-order valence-electron chi connectivity index (χ4n) is 1.44. The van der Waals surface area contributed by atoms with Gasteiger partial charge in [0, 0.05) is 15.7 Å². The van der Waals surface area contributed by atoms with Crippen LogP contribution in [-0.4, -0.2) is 12.2 Å². The van der Waals surface area contributed by atoms with Crippen LogP contribution >= 0.6 is 23.2 Å². The molecule has 4 nitrogen and oxygen atoms in total. The molecular weight excluding hydrogens is 297 g/mol. The third-order valence-electron chi connectivity index (χ3n) is 2.33. The summed E-state index contributed by atoms with van der Waals surface area (Å²) in [5, 5.41) is 7.63. The Morgan fingerprint density at radius 2 is 1.80 bits per heavy atom. The van der Waals surface area contributed by atoms with Crippen LogP contribution in [0, 0.1) is 0 Å². The lowest BCUT2D eigenvalue weighted by Crippen LogP contribution is -2.24.